The molecule has 0 aliphatic heterocycles. The van der Waals surface area contributed by atoms with Crippen molar-refractivity contribution in [2.45, 2.75) is 52.7 Å². The van der Waals surface area contributed by atoms with E-state index < -0.39 is 15.6 Å². The Morgan fingerprint density at radius 2 is 1.89 bits per heavy atom. The molecule has 0 rings (SSSR count). The van der Waals surface area contributed by atoms with Gasteiger partial charge in [0.1, 0.15) is 0 Å². The zero-order chi connectivity index (χ0) is 14.4. The van der Waals surface area contributed by atoms with E-state index in [9.17, 15) is 13.5 Å². The third-order valence-corrected chi connectivity index (χ3v) is 4.42. The van der Waals surface area contributed by atoms with Gasteiger partial charge in [-0.05, 0) is 26.8 Å². The van der Waals surface area contributed by atoms with Gasteiger partial charge in [-0.25, -0.2) is 8.42 Å². The van der Waals surface area contributed by atoms with Crippen molar-refractivity contribution in [1.29, 1.82) is 0 Å². The molecule has 0 radical (unpaired) electrons. The van der Waals surface area contributed by atoms with Crippen LogP contribution in [0.2, 0.25) is 0 Å². The Balaban J connectivity index is 4.32. The smallest absolute Gasteiger partial charge is 0.214 e. The van der Waals surface area contributed by atoms with Crippen LogP contribution >= 0.6 is 0 Å². The Hall–Kier alpha value is -0.170. The monoisotopic (exact) mass is 280 g/mol. The fourth-order valence-electron chi connectivity index (χ4n) is 1.61. The first-order chi connectivity index (χ1) is 8.08. The van der Waals surface area contributed by atoms with Crippen LogP contribution in [0, 0.1) is 0 Å². The third-order valence-electron chi connectivity index (χ3n) is 2.44. The predicted molar refractivity (Wildman–Crippen MR) is 75.1 cm³/mol. The molecular formula is C12H28N2O3S. The van der Waals surface area contributed by atoms with Gasteiger partial charge in [-0.3, -0.25) is 0 Å². The van der Waals surface area contributed by atoms with Crippen LogP contribution in [0.4, 0.5) is 0 Å². The maximum Gasteiger partial charge on any atom is 0.214 e. The van der Waals surface area contributed by atoms with Crippen LogP contribution in [-0.4, -0.2) is 54.9 Å². The molecule has 0 aromatic rings. The maximum atomic E-state index is 12.1. The second-order valence-corrected chi connectivity index (χ2v) is 7.61. The molecule has 0 atom stereocenters. The van der Waals surface area contributed by atoms with E-state index in [2.05, 4.69) is 5.32 Å². The van der Waals surface area contributed by atoms with Crippen molar-refractivity contribution >= 4 is 10.0 Å². The summed E-state index contributed by atoms with van der Waals surface area (Å²) in [4.78, 5) is 0. The van der Waals surface area contributed by atoms with Gasteiger partial charge in [0.15, 0.2) is 0 Å². The summed E-state index contributed by atoms with van der Waals surface area (Å²) in [5.74, 6) is 0.122. The Kier molecular flexibility index (Phi) is 7.36. The second-order valence-electron chi connectivity index (χ2n) is 5.52. The predicted octanol–water partition coefficient (Wildman–Crippen LogP) is 0.797. The summed E-state index contributed by atoms with van der Waals surface area (Å²) in [5, 5.41) is 12.9. The van der Waals surface area contributed by atoms with Gasteiger partial charge >= 0.3 is 0 Å². The first-order valence-corrected chi connectivity index (χ1v) is 8.13. The van der Waals surface area contributed by atoms with Crippen LogP contribution in [0.3, 0.4) is 0 Å². The Morgan fingerprint density at radius 1 is 1.33 bits per heavy atom. The number of hydrogen-bond acceptors (Lipinski definition) is 4. The molecule has 0 amide bonds. The van der Waals surface area contributed by atoms with Crippen molar-refractivity contribution in [2.75, 3.05) is 25.4 Å². The Labute approximate surface area is 112 Å². The number of aliphatic hydroxyl groups is 1. The molecule has 0 aromatic carbocycles. The van der Waals surface area contributed by atoms with Gasteiger partial charge in [-0.15, -0.1) is 0 Å². The highest BCUT2D eigenvalue weighted by molar-refractivity contribution is 7.89. The maximum absolute atomic E-state index is 12.1. The van der Waals surface area contributed by atoms with Crippen LogP contribution in [0.25, 0.3) is 0 Å². The van der Waals surface area contributed by atoms with E-state index in [1.54, 1.807) is 20.8 Å². The minimum Gasteiger partial charge on any atom is -0.389 e. The van der Waals surface area contributed by atoms with E-state index in [1.165, 1.54) is 4.31 Å². The summed E-state index contributed by atoms with van der Waals surface area (Å²) in [6.45, 7) is 10.3. The zero-order valence-corrected chi connectivity index (χ0v) is 13.0. The molecule has 0 fully saturated rings. The van der Waals surface area contributed by atoms with Crippen molar-refractivity contribution in [2.24, 2.45) is 0 Å². The van der Waals surface area contributed by atoms with E-state index in [0.717, 1.165) is 0 Å². The summed E-state index contributed by atoms with van der Waals surface area (Å²) >= 11 is 0. The molecular weight excluding hydrogens is 252 g/mol. The van der Waals surface area contributed by atoms with Gasteiger partial charge in [0, 0.05) is 19.1 Å². The molecule has 18 heavy (non-hydrogen) atoms. The number of likely N-dealkylation sites (N-methyl/N-ethyl adjacent to an activating group) is 1. The van der Waals surface area contributed by atoms with E-state index in [4.69, 9.17) is 0 Å². The number of nitrogens with zero attached hydrogens (tertiary/aromatic N) is 1. The van der Waals surface area contributed by atoms with Gasteiger partial charge in [-0.2, -0.15) is 4.31 Å². The molecule has 0 saturated heterocycles. The van der Waals surface area contributed by atoms with E-state index in [0.29, 0.717) is 25.6 Å². The molecule has 6 heteroatoms. The molecule has 0 aliphatic rings. The molecule has 110 valence electrons. The van der Waals surface area contributed by atoms with Crippen molar-refractivity contribution in [1.82, 2.24) is 9.62 Å². The highest BCUT2D eigenvalue weighted by atomic mass is 32.2. The Bertz CT molecular complexity index is 321. The minimum atomic E-state index is -3.27. The lowest BCUT2D eigenvalue weighted by Crippen LogP contribution is -2.43. The van der Waals surface area contributed by atoms with Crippen LogP contribution in [0.1, 0.15) is 41.0 Å². The zero-order valence-electron chi connectivity index (χ0n) is 12.2. The standard InChI is InChI=1S/C12H28N2O3S/c1-6-14(10-12(4,5)15)18(16,17)9-7-8-13-11(2)3/h11,13,15H,6-10H2,1-5H3. The topological polar surface area (TPSA) is 69.6 Å². The molecule has 0 unspecified atom stereocenters. The van der Waals surface area contributed by atoms with Gasteiger partial charge in [0.05, 0.1) is 11.4 Å². The fraction of sp³-hybridized carbons (Fsp3) is 1.00. The molecule has 0 aliphatic carbocycles. The molecule has 0 aromatic heterocycles. The van der Waals surface area contributed by atoms with Crippen LogP contribution in [0.15, 0.2) is 0 Å². The summed E-state index contributed by atoms with van der Waals surface area (Å²) in [7, 11) is -3.27. The highest BCUT2D eigenvalue weighted by Gasteiger charge is 2.26. The molecule has 0 heterocycles. The van der Waals surface area contributed by atoms with E-state index >= 15 is 0 Å². The van der Waals surface area contributed by atoms with E-state index in [1.807, 2.05) is 13.8 Å². The molecule has 0 saturated carbocycles. The molecule has 0 bridgehead atoms. The van der Waals surface area contributed by atoms with Crippen molar-refractivity contribution < 1.29 is 13.5 Å². The molecule has 0 spiro atoms. The lowest BCUT2D eigenvalue weighted by Gasteiger charge is -2.27. The number of rotatable bonds is 9. The van der Waals surface area contributed by atoms with Crippen LogP contribution in [-0.2, 0) is 10.0 Å². The van der Waals surface area contributed by atoms with Crippen LogP contribution < -0.4 is 5.32 Å². The van der Waals surface area contributed by atoms with Crippen molar-refractivity contribution in [3.63, 3.8) is 0 Å². The number of nitrogens with one attached hydrogen (secondary N) is 1. The molecule has 5 nitrogen and oxygen atoms in total. The third kappa shape index (κ3) is 8.02. The largest absolute Gasteiger partial charge is 0.389 e. The van der Waals surface area contributed by atoms with Gasteiger partial charge in [0.25, 0.3) is 0 Å². The average Bonchev–Trinajstić information content (AvgIpc) is 2.19. The summed E-state index contributed by atoms with van der Waals surface area (Å²) < 4.78 is 25.5. The van der Waals surface area contributed by atoms with Gasteiger partial charge in [-0.1, -0.05) is 20.8 Å². The fourth-order valence-corrected chi connectivity index (χ4v) is 3.29. The Morgan fingerprint density at radius 3 is 2.28 bits per heavy atom. The van der Waals surface area contributed by atoms with Crippen molar-refractivity contribution in [3.05, 3.63) is 0 Å². The van der Waals surface area contributed by atoms with E-state index in [-0.39, 0.29) is 12.3 Å². The summed E-state index contributed by atoms with van der Waals surface area (Å²) in [6.07, 6.45) is 0.586. The van der Waals surface area contributed by atoms with Gasteiger partial charge < -0.3 is 10.4 Å². The normalized spacial score (nSPS) is 13.6. The number of sulfonamides is 1. The average molecular weight is 280 g/mol. The highest BCUT2D eigenvalue weighted by Crippen LogP contribution is 2.10. The second kappa shape index (κ2) is 7.43. The first-order valence-electron chi connectivity index (χ1n) is 6.52. The summed E-state index contributed by atoms with van der Waals surface area (Å²) in [6, 6.07) is 0.367. The van der Waals surface area contributed by atoms with Crippen molar-refractivity contribution in [3.8, 4) is 0 Å². The SMILES string of the molecule is CCN(CC(C)(C)O)S(=O)(=O)CCCNC(C)C. The number of hydrogen-bond donors (Lipinski definition) is 2. The lowest BCUT2D eigenvalue weighted by molar-refractivity contribution is 0.0601. The van der Waals surface area contributed by atoms with Crippen LogP contribution in [0.5, 0.6) is 0 Å². The molecule has 2 N–H and O–H groups in total. The lowest BCUT2D eigenvalue weighted by atomic mass is 10.1. The quantitative estimate of drug-likeness (QED) is 0.613. The summed E-state index contributed by atoms with van der Waals surface area (Å²) in [5.41, 5.74) is -1.00. The minimum absolute atomic E-state index is 0.122. The first kappa shape index (κ1) is 17.8. The van der Waals surface area contributed by atoms with Gasteiger partial charge in [0.2, 0.25) is 10.0 Å².